The van der Waals surface area contributed by atoms with Crippen LogP contribution < -0.4 is 14.4 Å². The molecule has 3 aromatic carbocycles. The molecule has 1 saturated heterocycles. The van der Waals surface area contributed by atoms with Crippen molar-refractivity contribution in [1.29, 1.82) is 0 Å². The van der Waals surface area contributed by atoms with Crippen molar-refractivity contribution < 1.29 is 29.0 Å². The van der Waals surface area contributed by atoms with Crippen LogP contribution in [0, 0.1) is 6.92 Å². The monoisotopic (exact) mass is 580 g/mol. The number of nitrogens with zero attached hydrogens (tertiary/aromatic N) is 2. The Bertz CT molecular complexity index is 1760. The molecular weight excluding hydrogens is 552 g/mol. The number of benzene rings is 3. The van der Waals surface area contributed by atoms with Gasteiger partial charge in [0.15, 0.2) is 10.9 Å². The molecule has 212 valence electrons. The smallest absolute Gasteiger partial charge is 0.301 e. The summed E-state index contributed by atoms with van der Waals surface area (Å²) in [6, 6.07) is 21.0. The Morgan fingerprint density at radius 3 is 2.62 bits per heavy atom. The first kappa shape index (κ1) is 27.4. The van der Waals surface area contributed by atoms with Gasteiger partial charge in [-0.3, -0.25) is 19.3 Å². The molecule has 1 fully saturated rings. The van der Waals surface area contributed by atoms with E-state index >= 15 is 0 Å². The van der Waals surface area contributed by atoms with Gasteiger partial charge in [0.1, 0.15) is 30.0 Å². The molecule has 0 spiro atoms. The molecule has 0 radical (unpaired) electrons. The van der Waals surface area contributed by atoms with E-state index in [4.69, 9.17) is 9.47 Å². The number of rotatable bonds is 7. The number of hydrogen-bond acceptors (Lipinski definition) is 8. The standard InChI is InChI=1S/C33H28N2O6S/c1-18-14-24-15-23(12-13-26(24)41-18)29(37)27-28(22-10-7-11-25(16-22)40-17-21-8-5-4-6-9-21)35(32(39)30(27)38)33-34-19(2)31(42-33)20(3)36/h4-13,15-16,18,28,37H,14,17H2,1-3H3/b29-27+/t18-,28-/m0/s1. The summed E-state index contributed by atoms with van der Waals surface area (Å²) < 4.78 is 11.8. The first-order valence-corrected chi connectivity index (χ1v) is 14.4. The molecular formula is C33H28N2O6S. The van der Waals surface area contributed by atoms with Gasteiger partial charge in [0.2, 0.25) is 0 Å². The first-order chi connectivity index (χ1) is 20.2. The number of aryl methyl sites for hydroxylation is 1. The molecule has 8 nitrogen and oxygen atoms in total. The maximum Gasteiger partial charge on any atom is 0.301 e. The topological polar surface area (TPSA) is 106 Å². The minimum Gasteiger partial charge on any atom is -0.507 e. The highest BCUT2D eigenvalue weighted by molar-refractivity contribution is 7.18. The quantitative estimate of drug-likeness (QED) is 0.120. The maximum absolute atomic E-state index is 13.6. The zero-order valence-electron chi connectivity index (χ0n) is 23.3. The van der Waals surface area contributed by atoms with E-state index in [1.807, 2.05) is 37.3 Å². The number of ketones is 2. The van der Waals surface area contributed by atoms with E-state index in [0.717, 1.165) is 28.2 Å². The normalized spacial score (nSPS) is 19.1. The lowest BCUT2D eigenvalue weighted by Gasteiger charge is -2.23. The van der Waals surface area contributed by atoms with Crippen molar-refractivity contribution in [3.05, 3.63) is 111 Å². The molecule has 0 saturated carbocycles. The Morgan fingerprint density at radius 1 is 1.10 bits per heavy atom. The molecule has 0 bridgehead atoms. The minimum absolute atomic E-state index is 0.00483. The van der Waals surface area contributed by atoms with E-state index in [-0.39, 0.29) is 28.4 Å². The molecule has 9 heteroatoms. The van der Waals surface area contributed by atoms with Gasteiger partial charge in [-0.25, -0.2) is 4.98 Å². The maximum atomic E-state index is 13.6. The van der Waals surface area contributed by atoms with Gasteiger partial charge in [0.05, 0.1) is 22.2 Å². The number of carbonyl (C=O) groups excluding carboxylic acids is 3. The third-order valence-corrected chi connectivity index (χ3v) is 8.60. The second kappa shape index (κ2) is 10.9. The summed E-state index contributed by atoms with van der Waals surface area (Å²) in [6.07, 6.45) is 0.673. The Kier molecular flexibility index (Phi) is 7.12. The molecule has 1 N–H and O–H groups in total. The zero-order valence-corrected chi connectivity index (χ0v) is 24.1. The zero-order chi connectivity index (χ0) is 29.5. The summed E-state index contributed by atoms with van der Waals surface area (Å²) in [4.78, 5) is 45.6. The number of carbonyl (C=O) groups is 3. The fraction of sp³-hybridized carbons (Fsp3) is 0.212. The van der Waals surface area contributed by atoms with Crippen molar-refractivity contribution in [1.82, 2.24) is 4.98 Å². The van der Waals surface area contributed by atoms with Gasteiger partial charge in [-0.05, 0) is 60.9 Å². The first-order valence-electron chi connectivity index (χ1n) is 13.6. The third kappa shape index (κ3) is 4.96. The third-order valence-electron chi connectivity index (χ3n) is 7.35. The van der Waals surface area contributed by atoms with Crippen LogP contribution in [0.3, 0.4) is 0 Å². The van der Waals surface area contributed by atoms with Crippen LogP contribution in [0.1, 0.15) is 57.5 Å². The van der Waals surface area contributed by atoms with Crippen LogP contribution in [0.4, 0.5) is 5.13 Å². The Balaban J connectivity index is 1.46. The van der Waals surface area contributed by atoms with Crippen molar-refractivity contribution in [2.75, 3.05) is 4.90 Å². The number of amides is 1. The van der Waals surface area contributed by atoms with E-state index in [9.17, 15) is 19.5 Å². The van der Waals surface area contributed by atoms with Crippen molar-refractivity contribution in [2.24, 2.45) is 0 Å². The molecule has 4 aromatic rings. The van der Waals surface area contributed by atoms with E-state index in [2.05, 4.69) is 4.98 Å². The van der Waals surface area contributed by atoms with Gasteiger partial charge in [0.25, 0.3) is 5.78 Å². The van der Waals surface area contributed by atoms with Crippen molar-refractivity contribution in [3.8, 4) is 11.5 Å². The summed E-state index contributed by atoms with van der Waals surface area (Å²) in [7, 11) is 0. The fourth-order valence-corrected chi connectivity index (χ4v) is 6.39. The summed E-state index contributed by atoms with van der Waals surface area (Å²) in [5.41, 5.74) is 3.26. The van der Waals surface area contributed by atoms with E-state index in [1.54, 1.807) is 49.4 Å². The molecule has 3 heterocycles. The Morgan fingerprint density at radius 2 is 1.88 bits per heavy atom. The predicted molar refractivity (Wildman–Crippen MR) is 159 cm³/mol. The van der Waals surface area contributed by atoms with Crippen LogP contribution in [0.5, 0.6) is 11.5 Å². The summed E-state index contributed by atoms with van der Waals surface area (Å²) >= 11 is 1.05. The van der Waals surface area contributed by atoms with Crippen molar-refractivity contribution in [2.45, 2.75) is 45.9 Å². The number of thiazole rings is 1. The second-order valence-electron chi connectivity index (χ2n) is 10.4. The number of aromatic nitrogens is 1. The van der Waals surface area contributed by atoms with E-state index in [1.165, 1.54) is 11.8 Å². The number of aliphatic hydroxyl groups excluding tert-OH is 1. The number of Topliss-reactive ketones (excluding diaryl/α,β-unsaturated/α-hetero) is 2. The number of anilines is 1. The number of fused-ring (bicyclic) bond motifs is 1. The molecule has 0 unspecified atom stereocenters. The lowest BCUT2D eigenvalue weighted by Crippen LogP contribution is -2.29. The minimum atomic E-state index is -1.00. The lowest BCUT2D eigenvalue weighted by atomic mass is 9.94. The van der Waals surface area contributed by atoms with Crippen LogP contribution >= 0.6 is 11.3 Å². The van der Waals surface area contributed by atoms with Crippen LogP contribution in [-0.4, -0.2) is 33.7 Å². The molecule has 0 aliphatic carbocycles. The van der Waals surface area contributed by atoms with Gasteiger partial charge in [0, 0.05) is 18.9 Å². The van der Waals surface area contributed by atoms with Crippen LogP contribution in [-0.2, 0) is 22.6 Å². The number of aliphatic hydroxyl groups is 1. The number of hydrogen-bond donors (Lipinski definition) is 1. The summed E-state index contributed by atoms with van der Waals surface area (Å²) in [5, 5.41) is 11.8. The molecule has 1 aromatic heterocycles. The second-order valence-corrected chi connectivity index (χ2v) is 11.4. The van der Waals surface area contributed by atoms with Gasteiger partial charge >= 0.3 is 5.91 Å². The van der Waals surface area contributed by atoms with Gasteiger partial charge in [-0.15, -0.1) is 0 Å². The summed E-state index contributed by atoms with van der Waals surface area (Å²) in [5.74, 6) is -0.886. The fourth-order valence-electron chi connectivity index (χ4n) is 5.40. The molecule has 2 aliphatic rings. The molecule has 2 aliphatic heterocycles. The van der Waals surface area contributed by atoms with Gasteiger partial charge in [-0.2, -0.15) is 0 Å². The highest BCUT2D eigenvalue weighted by atomic mass is 32.1. The van der Waals surface area contributed by atoms with Gasteiger partial charge < -0.3 is 14.6 Å². The van der Waals surface area contributed by atoms with Gasteiger partial charge in [-0.1, -0.05) is 53.8 Å². The van der Waals surface area contributed by atoms with Crippen LogP contribution in [0.2, 0.25) is 0 Å². The van der Waals surface area contributed by atoms with E-state index < -0.39 is 17.7 Å². The lowest BCUT2D eigenvalue weighted by molar-refractivity contribution is -0.132. The Hall–Kier alpha value is -4.76. The average Bonchev–Trinajstić information content (AvgIpc) is 3.64. The van der Waals surface area contributed by atoms with Crippen LogP contribution in [0.25, 0.3) is 5.76 Å². The molecule has 1 amide bonds. The largest absolute Gasteiger partial charge is 0.507 e. The number of ether oxygens (including phenoxy) is 2. The summed E-state index contributed by atoms with van der Waals surface area (Å²) in [6.45, 7) is 5.41. The predicted octanol–water partition coefficient (Wildman–Crippen LogP) is 6.18. The molecule has 6 rings (SSSR count). The van der Waals surface area contributed by atoms with Crippen molar-refractivity contribution in [3.63, 3.8) is 0 Å². The van der Waals surface area contributed by atoms with Crippen molar-refractivity contribution >= 4 is 39.7 Å². The highest BCUT2D eigenvalue weighted by Gasteiger charge is 2.48. The Labute approximate surface area is 246 Å². The SMILES string of the molecule is CC(=O)c1sc(N2C(=O)C(=O)/C(=C(/O)c3ccc4c(c3)C[C@H](C)O4)[C@@H]2c2cccc(OCc3ccccc3)c2)nc1C. The van der Waals surface area contributed by atoms with E-state index in [0.29, 0.717) is 40.5 Å². The molecule has 2 atom stereocenters. The highest BCUT2D eigenvalue weighted by Crippen LogP contribution is 2.45. The molecule has 42 heavy (non-hydrogen) atoms. The average molecular weight is 581 g/mol. The van der Waals surface area contributed by atoms with Crippen LogP contribution in [0.15, 0.2) is 78.4 Å².